The molecule has 0 aliphatic carbocycles. The van der Waals surface area contributed by atoms with Crippen LogP contribution in [0.3, 0.4) is 0 Å². The summed E-state index contributed by atoms with van der Waals surface area (Å²) in [5, 5.41) is 0. The first kappa shape index (κ1) is 10.7. The summed E-state index contributed by atoms with van der Waals surface area (Å²) in [7, 11) is 0. The average molecular weight is 254 g/mol. The van der Waals surface area contributed by atoms with Gasteiger partial charge in [0.25, 0.3) is 0 Å². The molecule has 0 spiro atoms. The molecule has 0 aliphatic heterocycles. The summed E-state index contributed by atoms with van der Waals surface area (Å²) in [4.78, 5) is 0. The molecule has 0 rings (SSSR count). The highest BCUT2D eigenvalue weighted by Gasteiger charge is 2.05. The lowest BCUT2D eigenvalue weighted by Crippen LogP contribution is -2.03. The molecule has 2 atom stereocenters. The van der Waals surface area contributed by atoms with Gasteiger partial charge in [-0.3, -0.25) is 0 Å². The third-order valence-electron chi connectivity index (χ3n) is 1.85. The minimum atomic E-state index is 0.919. The summed E-state index contributed by atoms with van der Waals surface area (Å²) in [6.45, 7) is 6.98. The SMILES string of the molecule is CCC[C@@H](C)C[C@H](C)CI. The quantitative estimate of drug-likeness (QED) is 0.516. The molecule has 0 bridgehead atoms. The van der Waals surface area contributed by atoms with Crippen LogP contribution >= 0.6 is 22.6 Å². The molecule has 0 aromatic carbocycles. The molecule has 0 saturated heterocycles. The summed E-state index contributed by atoms with van der Waals surface area (Å²) >= 11 is 2.48. The van der Waals surface area contributed by atoms with E-state index in [0.29, 0.717) is 0 Å². The van der Waals surface area contributed by atoms with E-state index >= 15 is 0 Å². The molecule has 0 N–H and O–H groups in total. The number of hydrogen-bond donors (Lipinski definition) is 0. The van der Waals surface area contributed by atoms with E-state index in [-0.39, 0.29) is 0 Å². The summed E-state index contributed by atoms with van der Waals surface area (Å²) in [6, 6.07) is 0. The van der Waals surface area contributed by atoms with E-state index in [2.05, 4.69) is 43.4 Å². The standard InChI is InChI=1S/C9H19I/c1-4-5-8(2)6-9(3)7-10/h8-9H,4-7H2,1-3H3/t8-,9+/m1/s1. The van der Waals surface area contributed by atoms with Crippen molar-refractivity contribution in [1.82, 2.24) is 0 Å². The molecular formula is C9H19I. The smallest absolute Gasteiger partial charge is 0.00211 e. The Morgan fingerprint density at radius 3 is 2.20 bits per heavy atom. The molecule has 0 unspecified atom stereocenters. The van der Waals surface area contributed by atoms with Crippen LogP contribution in [0.1, 0.15) is 40.0 Å². The summed E-state index contributed by atoms with van der Waals surface area (Å²) in [5.41, 5.74) is 0. The number of hydrogen-bond acceptors (Lipinski definition) is 0. The van der Waals surface area contributed by atoms with Crippen molar-refractivity contribution in [2.45, 2.75) is 40.0 Å². The Bertz CT molecular complexity index is 71.1. The molecule has 0 fully saturated rings. The first-order valence-corrected chi connectivity index (χ1v) is 5.79. The fourth-order valence-corrected chi connectivity index (χ4v) is 1.72. The summed E-state index contributed by atoms with van der Waals surface area (Å²) < 4.78 is 1.31. The van der Waals surface area contributed by atoms with E-state index in [1.807, 2.05) is 0 Å². The molecule has 10 heavy (non-hydrogen) atoms. The third kappa shape index (κ3) is 5.51. The fraction of sp³-hybridized carbons (Fsp3) is 1.00. The Labute approximate surface area is 78.9 Å². The molecule has 0 aromatic heterocycles. The van der Waals surface area contributed by atoms with Gasteiger partial charge in [-0.05, 0) is 18.3 Å². The fourth-order valence-electron chi connectivity index (χ4n) is 1.36. The minimum absolute atomic E-state index is 0.919. The van der Waals surface area contributed by atoms with Crippen molar-refractivity contribution in [2.24, 2.45) is 11.8 Å². The van der Waals surface area contributed by atoms with E-state index in [0.717, 1.165) is 11.8 Å². The van der Waals surface area contributed by atoms with Crippen LogP contribution in [0.5, 0.6) is 0 Å². The lowest BCUT2D eigenvalue weighted by Gasteiger charge is -2.13. The van der Waals surface area contributed by atoms with Crippen molar-refractivity contribution in [3.8, 4) is 0 Å². The molecule has 0 aromatic rings. The maximum absolute atomic E-state index is 2.48. The number of halogens is 1. The predicted molar refractivity (Wildman–Crippen MR) is 56.7 cm³/mol. The van der Waals surface area contributed by atoms with Gasteiger partial charge in [-0.25, -0.2) is 0 Å². The molecule has 0 heterocycles. The first-order chi connectivity index (χ1) is 4.70. The summed E-state index contributed by atoms with van der Waals surface area (Å²) in [5.74, 6) is 1.86. The van der Waals surface area contributed by atoms with E-state index in [1.54, 1.807) is 0 Å². The Morgan fingerprint density at radius 1 is 1.20 bits per heavy atom. The van der Waals surface area contributed by atoms with Gasteiger partial charge in [0.05, 0.1) is 0 Å². The third-order valence-corrected chi connectivity index (χ3v) is 3.35. The van der Waals surface area contributed by atoms with Crippen molar-refractivity contribution in [3.05, 3.63) is 0 Å². The Hall–Kier alpha value is 0.730. The Morgan fingerprint density at radius 2 is 1.80 bits per heavy atom. The van der Waals surface area contributed by atoms with E-state index in [4.69, 9.17) is 0 Å². The topological polar surface area (TPSA) is 0 Å². The van der Waals surface area contributed by atoms with E-state index < -0.39 is 0 Å². The van der Waals surface area contributed by atoms with Crippen LogP contribution in [0, 0.1) is 11.8 Å². The number of alkyl halides is 1. The number of rotatable bonds is 5. The highest BCUT2D eigenvalue weighted by Crippen LogP contribution is 2.17. The zero-order valence-electron chi connectivity index (χ0n) is 7.36. The predicted octanol–water partition coefficient (Wildman–Crippen LogP) is 3.88. The highest BCUT2D eigenvalue weighted by molar-refractivity contribution is 14.1. The maximum Gasteiger partial charge on any atom is 0.00211 e. The molecule has 0 saturated carbocycles. The molecule has 0 amide bonds. The van der Waals surface area contributed by atoms with Crippen molar-refractivity contribution in [1.29, 1.82) is 0 Å². The Kier molecular flexibility index (Phi) is 6.91. The monoisotopic (exact) mass is 254 g/mol. The van der Waals surface area contributed by atoms with Gasteiger partial charge in [-0.15, -0.1) is 0 Å². The van der Waals surface area contributed by atoms with Gasteiger partial charge in [0, 0.05) is 4.43 Å². The second kappa shape index (κ2) is 6.44. The van der Waals surface area contributed by atoms with Gasteiger partial charge in [0.15, 0.2) is 0 Å². The molecule has 1 heteroatoms. The van der Waals surface area contributed by atoms with Crippen LogP contribution in [0.25, 0.3) is 0 Å². The van der Waals surface area contributed by atoms with Crippen LogP contribution in [0.2, 0.25) is 0 Å². The first-order valence-electron chi connectivity index (χ1n) is 4.26. The molecular weight excluding hydrogens is 235 g/mol. The van der Waals surface area contributed by atoms with Gasteiger partial charge < -0.3 is 0 Å². The van der Waals surface area contributed by atoms with Gasteiger partial charge in [0.2, 0.25) is 0 Å². The average Bonchev–Trinajstić information content (AvgIpc) is 1.88. The molecule has 62 valence electrons. The van der Waals surface area contributed by atoms with E-state index in [1.165, 1.54) is 23.7 Å². The zero-order valence-corrected chi connectivity index (χ0v) is 9.52. The zero-order chi connectivity index (χ0) is 7.98. The second-order valence-electron chi connectivity index (χ2n) is 3.39. The highest BCUT2D eigenvalue weighted by atomic mass is 127. The van der Waals surface area contributed by atoms with Gasteiger partial charge in [-0.2, -0.15) is 0 Å². The Balaban J connectivity index is 3.27. The van der Waals surface area contributed by atoms with Crippen molar-refractivity contribution < 1.29 is 0 Å². The lowest BCUT2D eigenvalue weighted by molar-refractivity contribution is 0.418. The van der Waals surface area contributed by atoms with Gasteiger partial charge >= 0.3 is 0 Å². The summed E-state index contributed by atoms with van der Waals surface area (Å²) in [6.07, 6.45) is 4.16. The van der Waals surface area contributed by atoms with Crippen molar-refractivity contribution >= 4 is 22.6 Å². The van der Waals surface area contributed by atoms with Crippen LogP contribution in [0.15, 0.2) is 0 Å². The van der Waals surface area contributed by atoms with E-state index in [9.17, 15) is 0 Å². The largest absolute Gasteiger partial charge is 0.0861 e. The van der Waals surface area contributed by atoms with Crippen LogP contribution in [-0.2, 0) is 0 Å². The molecule has 0 nitrogen and oxygen atoms in total. The van der Waals surface area contributed by atoms with Gasteiger partial charge in [0.1, 0.15) is 0 Å². The molecule has 0 radical (unpaired) electrons. The van der Waals surface area contributed by atoms with Crippen LogP contribution in [0.4, 0.5) is 0 Å². The van der Waals surface area contributed by atoms with Crippen LogP contribution in [-0.4, -0.2) is 4.43 Å². The van der Waals surface area contributed by atoms with Gasteiger partial charge in [-0.1, -0.05) is 56.2 Å². The molecule has 0 aliphatic rings. The van der Waals surface area contributed by atoms with Crippen LogP contribution < -0.4 is 0 Å². The van der Waals surface area contributed by atoms with Crippen molar-refractivity contribution in [3.63, 3.8) is 0 Å². The second-order valence-corrected chi connectivity index (χ2v) is 4.27. The van der Waals surface area contributed by atoms with Crippen molar-refractivity contribution in [2.75, 3.05) is 4.43 Å². The minimum Gasteiger partial charge on any atom is -0.0861 e. The maximum atomic E-state index is 2.48. The lowest BCUT2D eigenvalue weighted by atomic mass is 9.95. The normalized spacial score (nSPS) is 16.8.